The highest BCUT2D eigenvalue weighted by Gasteiger charge is 2.26. The predicted octanol–water partition coefficient (Wildman–Crippen LogP) is 3.97. The molecule has 7 heteroatoms. The van der Waals surface area contributed by atoms with Gasteiger partial charge in [-0.25, -0.2) is 4.79 Å². The normalized spacial score (nSPS) is 17.2. The predicted molar refractivity (Wildman–Crippen MR) is 130 cm³/mol. The number of amides is 1. The van der Waals surface area contributed by atoms with Crippen LogP contribution >= 0.6 is 0 Å². The van der Waals surface area contributed by atoms with Crippen LogP contribution in [0.1, 0.15) is 38.3 Å². The molecule has 2 aromatic rings. The van der Waals surface area contributed by atoms with Gasteiger partial charge in [0.25, 0.3) is 0 Å². The van der Waals surface area contributed by atoms with Gasteiger partial charge in [-0.15, -0.1) is 0 Å². The lowest BCUT2D eigenvalue weighted by molar-refractivity contribution is 0.0225. The van der Waals surface area contributed by atoms with Crippen molar-refractivity contribution in [2.45, 2.75) is 45.8 Å². The Hall–Kier alpha value is -2.80. The maximum atomic E-state index is 12.5. The Morgan fingerprint density at radius 1 is 1.03 bits per heavy atom. The second kappa shape index (κ2) is 10.4. The maximum Gasteiger partial charge on any atom is 0.410 e. The summed E-state index contributed by atoms with van der Waals surface area (Å²) in [7, 11) is 0. The van der Waals surface area contributed by atoms with Crippen LogP contribution in [0.15, 0.2) is 42.5 Å². The van der Waals surface area contributed by atoms with Crippen LogP contribution in [0.4, 0.5) is 10.6 Å². The first kappa shape index (κ1) is 23.4. The SMILES string of the molecule is CC(C)(C)OC(=O)N1CCOc2nc(N3CCN(CCCc4ccccc4)CC3)ccc2C1. The van der Waals surface area contributed by atoms with Crippen LogP contribution in [0.25, 0.3) is 0 Å². The van der Waals surface area contributed by atoms with Crippen molar-refractivity contribution in [2.75, 3.05) is 50.8 Å². The van der Waals surface area contributed by atoms with E-state index in [0.29, 0.717) is 25.6 Å². The Morgan fingerprint density at radius 3 is 2.52 bits per heavy atom. The van der Waals surface area contributed by atoms with Crippen LogP contribution in [0.2, 0.25) is 0 Å². The molecular weight excluding hydrogens is 416 g/mol. The lowest BCUT2D eigenvalue weighted by atomic mass is 10.1. The molecule has 0 bridgehead atoms. The van der Waals surface area contributed by atoms with Gasteiger partial charge in [0, 0.05) is 31.7 Å². The fourth-order valence-corrected chi connectivity index (χ4v) is 4.25. The summed E-state index contributed by atoms with van der Waals surface area (Å²) in [6.07, 6.45) is 2.00. The first-order chi connectivity index (χ1) is 15.9. The summed E-state index contributed by atoms with van der Waals surface area (Å²) in [5.74, 6) is 1.58. The van der Waals surface area contributed by atoms with Crippen molar-refractivity contribution in [2.24, 2.45) is 0 Å². The lowest BCUT2D eigenvalue weighted by Gasteiger charge is -2.35. The molecule has 1 aromatic carbocycles. The summed E-state index contributed by atoms with van der Waals surface area (Å²) in [4.78, 5) is 23.8. The van der Waals surface area contributed by atoms with Crippen molar-refractivity contribution in [1.82, 2.24) is 14.8 Å². The molecule has 0 N–H and O–H groups in total. The van der Waals surface area contributed by atoms with Gasteiger partial charge in [-0.05, 0) is 57.9 Å². The lowest BCUT2D eigenvalue weighted by Crippen LogP contribution is -2.47. The number of carbonyl (C=O) groups is 1. The first-order valence-corrected chi connectivity index (χ1v) is 12.0. The molecular formula is C26H36N4O3. The van der Waals surface area contributed by atoms with Gasteiger partial charge in [0.05, 0.1) is 13.1 Å². The quantitative estimate of drug-likeness (QED) is 0.684. The van der Waals surface area contributed by atoms with Gasteiger partial charge in [-0.1, -0.05) is 30.3 Å². The highest BCUT2D eigenvalue weighted by Crippen LogP contribution is 2.26. The number of pyridine rings is 1. The van der Waals surface area contributed by atoms with E-state index in [4.69, 9.17) is 14.5 Å². The molecule has 0 atom stereocenters. The highest BCUT2D eigenvalue weighted by molar-refractivity contribution is 5.68. The molecule has 4 rings (SSSR count). The standard InChI is InChI=1S/C26H36N4O3/c1-26(2,3)33-25(31)30-18-19-32-24-22(20-30)11-12-23(27-24)29-16-14-28(15-17-29)13-7-10-21-8-5-4-6-9-21/h4-6,8-9,11-12H,7,10,13-20H2,1-3H3. The second-order valence-corrected chi connectivity index (χ2v) is 9.80. The fourth-order valence-electron chi connectivity index (χ4n) is 4.25. The Labute approximate surface area is 197 Å². The number of ether oxygens (including phenoxy) is 2. The number of aromatic nitrogens is 1. The Kier molecular flexibility index (Phi) is 7.38. The third kappa shape index (κ3) is 6.60. The van der Waals surface area contributed by atoms with Crippen molar-refractivity contribution in [3.63, 3.8) is 0 Å². The molecule has 0 radical (unpaired) electrons. The minimum Gasteiger partial charge on any atom is -0.475 e. The molecule has 3 heterocycles. The molecule has 33 heavy (non-hydrogen) atoms. The highest BCUT2D eigenvalue weighted by atomic mass is 16.6. The largest absolute Gasteiger partial charge is 0.475 e. The Balaban J connectivity index is 1.29. The van der Waals surface area contributed by atoms with E-state index in [1.54, 1.807) is 4.90 Å². The summed E-state index contributed by atoms with van der Waals surface area (Å²) in [6, 6.07) is 14.8. The number of carbonyl (C=O) groups excluding carboxylic acids is 1. The molecule has 1 fully saturated rings. The van der Waals surface area contributed by atoms with Crippen LogP contribution in [0.3, 0.4) is 0 Å². The van der Waals surface area contributed by atoms with Gasteiger partial charge >= 0.3 is 6.09 Å². The Bertz CT molecular complexity index is 921. The molecule has 1 amide bonds. The number of anilines is 1. The molecule has 0 unspecified atom stereocenters. The van der Waals surface area contributed by atoms with Crippen molar-refractivity contribution in [3.05, 3.63) is 53.6 Å². The number of hydrogen-bond acceptors (Lipinski definition) is 6. The number of benzene rings is 1. The molecule has 2 aliphatic rings. The van der Waals surface area contributed by atoms with E-state index in [0.717, 1.165) is 50.5 Å². The molecule has 0 aliphatic carbocycles. The van der Waals surface area contributed by atoms with E-state index in [1.807, 2.05) is 32.9 Å². The fraction of sp³-hybridized carbons (Fsp3) is 0.538. The monoisotopic (exact) mass is 452 g/mol. The minimum absolute atomic E-state index is 0.314. The van der Waals surface area contributed by atoms with Gasteiger partial charge in [0.15, 0.2) is 0 Å². The molecule has 178 valence electrons. The molecule has 1 saturated heterocycles. The van der Waals surface area contributed by atoms with Gasteiger partial charge < -0.3 is 19.3 Å². The van der Waals surface area contributed by atoms with Crippen molar-refractivity contribution in [1.29, 1.82) is 0 Å². The minimum atomic E-state index is -0.515. The number of nitrogens with zero attached hydrogens (tertiary/aromatic N) is 4. The zero-order valence-electron chi connectivity index (χ0n) is 20.1. The van der Waals surface area contributed by atoms with Crippen LogP contribution in [0.5, 0.6) is 5.88 Å². The van der Waals surface area contributed by atoms with Gasteiger partial charge in [0.1, 0.15) is 18.0 Å². The first-order valence-electron chi connectivity index (χ1n) is 12.0. The number of hydrogen-bond donors (Lipinski definition) is 0. The third-order valence-corrected chi connectivity index (χ3v) is 6.02. The molecule has 2 aliphatic heterocycles. The number of aryl methyl sites for hydroxylation is 1. The number of piperazine rings is 1. The average molecular weight is 453 g/mol. The molecule has 0 saturated carbocycles. The van der Waals surface area contributed by atoms with Crippen molar-refractivity contribution >= 4 is 11.9 Å². The zero-order chi connectivity index (χ0) is 23.3. The van der Waals surface area contributed by atoms with Gasteiger partial charge in [-0.3, -0.25) is 4.90 Å². The van der Waals surface area contributed by atoms with Crippen LogP contribution in [-0.4, -0.2) is 72.4 Å². The van der Waals surface area contributed by atoms with E-state index in [9.17, 15) is 4.79 Å². The summed E-state index contributed by atoms with van der Waals surface area (Å²) in [5.41, 5.74) is 1.82. The summed E-state index contributed by atoms with van der Waals surface area (Å²) < 4.78 is 11.4. The average Bonchev–Trinajstić information content (AvgIpc) is 3.01. The van der Waals surface area contributed by atoms with E-state index < -0.39 is 5.60 Å². The van der Waals surface area contributed by atoms with Gasteiger partial charge in [-0.2, -0.15) is 4.98 Å². The number of rotatable bonds is 5. The zero-order valence-corrected chi connectivity index (χ0v) is 20.1. The third-order valence-electron chi connectivity index (χ3n) is 6.02. The van der Waals surface area contributed by atoms with Crippen LogP contribution < -0.4 is 9.64 Å². The molecule has 1 aromatic heterocycles. The van der Waals surface area contributed by atoms with Crippen LogP contribution in [-0.2, 0) is 17.7 Å². The van der Waals surface area contributed by atoms with E-state index in [-0.39, 0.29) is 6.09 Å². The molecule has 7 nitrogen and oxygen atoms in total. The second-order valence-electron chi connectivity index (χ2n) is 9.80. The van der Waals surface area contributed by atoms with E-state index in [1.165, 1.54) is 12.0 Å². The van der Waals surface area contributed by atoms with E-state index >= 15 is 0 Å². The smallest absolute Gasteiger partial charge is 0.410 e. The van der Waals surface area contributed by atoms with E-state index in [2.05, 4.69) is 40.1 Å². The van der Waals surface area contributed by atoms with Crippen molar-refractivity contribution < 1.29 is 14.3 Å². The summed E-state index contributed by atoms with van der Waals surface area (Å²) in [5, 5.41) is 0. The van der Waals surface area contributed by atoms with Crippen LogP contribution in [0, 0.1) is 0 Å². The summed E-state index contributed by atoms with van der Waals surface area (Å²) >= 11 is 0. The Morgan fingerprint density at radius 2 is 1.79 bits per heavy atom. The maximum absolute atomic E-state index is 12.5. The number of fused-ring (bicyclic) bond motifs is 1. The van der Waals surface area contributed by atoms with Gasteiger partial charge in [0.2, 0.25) is 5.88 Å². The summed E-state index contributed by atoms with van der Waals surface area (Å²) in [6.45, 7) is 12.1. The molecule has 0 spiro atoms. The topological polar surface area (TPSA) is 58.1 Å². The van der Waals surface area contributed by atoms with Crippen molar-refractivity contribution in [3.8, 4) is 5.88 Å².